The SMILES string of the molecule is CCCNCCCSc1cccc(C(F)(F)F)c1. The van der Waals surface area contributed by atoms with Crippen molar-refractivity contribution in [2.45, 2.75) is 30.8 Å². The van der Waals surface area contributed by atoms with Crippen molar-refractivity contribution in [3.8, 4) is 0 Å². The number of benzene rings is 1. The summed E-state index contributed by atoms with van der Waals surface area (Å²) in [6.07, 6.45) is -2.19. The molecule has 1 aromatic carbocycles. The molecule has 0 saturated carbocycles. The zero-order valence-corrected chi connectivity index (χ0v) is 11.2. The smallest absolute Gasteiger partial charge is 0.317 e. The Labute approximate surface area is 110 Å². The van der Waals surface area contributed by atoms with Gasteiger partial charge in [-0.05, 0) is 49.9 Å². The van der Waals surface area contributed by atoms with E-state index in [1.54, 1.807) is 6.07 Å². The first-order chi connectivity index (χ1) is 8.54. The van der Waals surface area contributed by atoms with Crippen molar-refractivity contribution >= 4 is 11.8 Å². The van der Waals surface area contributed by atoms with E-state index in [0.717, 1.165) is 37.8 Å². The largest absolute Gasteiger partial charge is 0.416 e. The molecule has 1 N–H and O–H groups in total. The van der Waals surface area contributed by atoms with Gasteiger partial charge >= 0.3 is 6.18 Å². The van der Waals surface area contributed by atoms with Crippen LogP contribution in [0.1, 0.15) is 25.3 Å². The first kappa shape index (κ1) is 15.4. The molecule has 0 bridgehead atoms. The Morgan fingerprint density at radius 3 is 2.67 bits per heavy atom. The Hall–Kier alpha value is -0.680. The number of nitrogens with one attached hydrogen (secondary N) is 1. The van der Waals surface area contributed by atoms with E-state index in [1.807, 2.05) is 0 Å². The molecule has 5 heteroatoms. The van der Waals surface area contributed by atoms with Crippen molar-refractivity contribution in [3.05, 3.63) is 29.8 Å². The molecule has 1 nitrogen and oxygen atoms in total. The Morgan fingerprint density at radius 1 is 1.22 bits per heavy atom. The molecule has 0 spiro atoms. The maximum Gasteiger partial charge on any atom is 0.416 e. The number of halogens is 3. The predicted octanol–water partition coefficient (Wildman–Crippen LogP) is 4.19. The van der Waals surface area contributed by atoms with Crippen LogP contribution in [0.4, 0.5) is 13.2 Å². The highest BCUT2D eigenvalue weighted by molar-refractivity contribution is 7.99. The lowest BCUT2D eigenvalue weighted by Gasteiger charge is -2.08. The zero-order chi connectivity index (χ0) is 13.4. The monoisotopic (exact) mass is 277 g/mol. The number of rotatable bonds is 7. The van der Waals surface area contributed by atoms with Crippen LogP contribution < -0.4 is 5.32 Å². The summed E-state index contributed by atoms with van der Waals surface area (Å²) in [7, 11) is 0. The molecule has 0 fully saturated rings. The summed E-state index contributed by atoms with van der Waals surface area (Å²) in [6, 6.07) is 5.50. The molecular weight excluding hydrogens is 259 g/mol. The lowest BCUT2D eigenvalue weighted by Crippen LogP contribution is -2.16. The molecule has 0 aliphatic heterocycles. The second kappa shape index (κ2) is 7.69. The molecule has 1 rings (SSSR count). The first-order valence-electron chi connectivity index (χ1n) is 6.05. The van der Waals surface area contributed by atoms with Crippen LogP contribution in [0.25, 0.3) is 0 Å². The molecule has 0 heterocycles. The average Bonchev–Trinajstić information content (AvgIpc) is 2.33. The zero-order valence-electron chi connectivity index (χ0n) is 10.4. The fraction of sp³-hybridized carbons (Fsp3) is 0.538. The summed E-state index contributed by atoms with van der Waals surface area (Å²) in [5, 5.41) is 3.26. The molecule has 0 amide bonds. The predicted molar refractivity (Wildman–Crippen MR) is 69.9 cm³/mol. The van der Waals surface area contributed by atoms with E-state index in [0.29, 0.717) is 4.90 Å². The van der Waals surface area contributed by atoms with Gasteiger partial charge in [0.15, 0.2) is 0 Å². The molecule has 1 aromatic rings. The maximum absolute atomic E-state index is 12.5. The van der Waals surface area contributed by atoms with Gasteiger partial charge in [-0.15, -0.1) is 11.8 Å². The molecule has 0 atom stereocenters. The third-order valence-corrected chi connectivity index (χ3v) is 3.43. The molecule has 0 saturated heterocycles. The summed E-state index contributed by atoms with van der Waals surface area (Å²) >= 11 is 1.47. The average molecular weight is 277 g/mol. The van der Waals surface area contributed by atoms with Crippen LogP contribution in [-0.2, 0) is 6.18 Å². The molecule has 102 valence electrons. The highest BCUT2D eigenvalue weighted by atomic mass is 32.2. The maximum atomic E-state index is 12.5. The normalized spacial score (nSPS) is 11.8. The third kappa shape index (κ3) is 5.78. The topological polar surface area (TPSA) is 12.0 Å². The molecule has 18 heavy (non-hydrogen) atoms. The van der Waals surface area contributed by atoms with E-state index in [2.05, 4.69) is 12.2 Å². The summed E-state index contributed by atoms with van der Waals surface area (Å²) in [6.45, 7) is 4.01. The Kier molecular flexibility index (Phi) is 6.57. The van der Waals surface area contributed by atoms with Crippen LogP contribution in [0.5, 0.6) is 0 Å². The van der Waals surface area contributed by atoms with Crippen LogP contribution in [0, 0.1) is 0 Å². The van der Waals surface area contributed by atoms with E-state index < -0.39 is 11.7 Å². The van der Waals surface area contributed by atoms with E-state index in [4.69, 9.17) is 0 Å². The van der Waals surface area contributed by atoms with E-state index in [1.165, 1.54) is 23.9 Å². The second-order valence-corrected chi connectivity index (χ2v) is 5.15. The highest BCUT2D eigenvalue weighted by Crippen LogP contribution is 2.31. The lowest BCUT2D eigenvalue weighted by molar-refractivity contribution is -0.137. The standard InChI is InChI=1S/C13H18F3NS/c1-2-7-17-8-4-9-18-12-6-3-5-11(10-12)13(14,15)16/h3,5-6,10,17H,2,4,7-9H2,1H3. The van der Waals surface area contributed by atoms with Crippen LogP contribution in [0.3, 0.4) is 0 Å². The lowest BCUT2D eigenvalue weighted by atomic mass is 10.2. The number of hydrogen-bond acceptors (Lipinski definition) is 2. The third-order valence-electron chi connectivity index (χ3n) is 2.35. The van der Waals surface area contributed by atoms with Gasteiger partial charge in [0, 0.05) is 4.90 Å². The summed E-state index contributed by atoms with van der Waals surface area (Å²) in [4.78, 5) is 0.681. The van der Waals surface area contributed by atoms with Crippen molar-refractivity contribution in [3.63, 3.8) is 0 Å². The Balaban J connectivity index is 2.34. The van der Waals surface area contributed by atoms with Crippen LogP contribution in [-0.4, -0.2) is 18.8 Å². The van der Waals surface area contributed by atoms with Gasteiger partial charge < -0.3 is 5.32 Å². The van der Waals surface area contributed by atoms with Gasteiger partial charge in [-0.2, -0.15) is 13.2 Å². The molecule has 0 unspecified atom stereocenters. The quantitative estimate of drug-likeness (QED) is 0.592. The summed E-state index contributed by atoms with van der Waals surface area (Å²) in [5.74, 6) is 0.831. The van der Waals surface area contributed by atoms with Crippen molar-refractivity contribution in [2.75, 3.05) is 18.8 Å². The first-order valence-corrected chi connectivity index (χ1v) is 7.03. The van der Waals surface area contributed by atoms with Crippen LogP contribution in [0.15, 0.2) is 29.2 Å². The van der Waals surface area contributed by atoms with Crippen LogP contribution >= 0.6 is 11.8 Å². The number of alkyl halides is 3. The van der Waals surface area contributed by atoms with Crippen molar-refractivity contribution < 1.29 is 13.2 Å². The molecule has 0 radical (unpaired) electrons. The van der Waals surface area contributed by atoms with Gasteiger partial charge in [0.05, 0.1) is 5.56 Å². The van der Waals surface area contributed by atoms with Gasteiger partial charge in [0.2, 0.25) is 0 Å². The van der Waals surface area contributed by atoms with Gasteiger partial charge in [-0.25, -0.2) is 0 Å². The Bertz CT molecular complexity index is 352. The molecular formula is C13H18F3NS. The minimum Gasteiger partial charge on any atom is -0.317 e. The van der Waals surface area contributed by atoms with E-state index in [9.17, 15) is 13.2 Å². The van der Waals surface area contributed by atoms with Crippen molar-refractivity contribution in [1.29, 1.82) is 0 Å². The van der Waals surface area contributed by atoms with Crippen molar-refractivity contribution in [1.82, 2.24) is 5.32 Å². The molecule has 0 aliphatic rings. The number of thioether (sulfide) groups is 1. The van der Waals surface area contributed by atoms with E-state index >= 15 is 0 Å². The van der Waals surface area contributed by atoms with Gasteiger partial charge in [0.25, 0.3) is 0 Å². The number of hydrogen-bond donors (Lipinski definition) is 1. The Morgan fingerprint density at radius 2 is 2.00 bits per heavy atom. The minimum atomic E-state index is -4.25. The second-order valence-electron chi connectivity index (χ2n) is 3.98. The van der Waals surface area contributed by atoms with E-state index in [-0.39, 0.29) is 0 Å². The van der Waals surface area contributed by atoms with Gasteiger partial charge in [-0.1, -0.05) is 13.0 Å². The minimum absolute atomic E-state index is 0.573. The molecule has 0 aliphatic carbocycles. The van der Waals surface area contributed by atoms with Gasteiger partial charge in [-0.3, -0.25) is 0 Å². The molecule has 0 aromatic heterocycles. The fourth-order valence-corrected chi connectivity index (χ4v) is 2.36. The highest BCUT2D eigenvalue weighted by Gasteiger charge is 2.30. The van der Waals surface area contributed by atoms with Gasteiger partial charge in [0.1, 0.15) is 0 Å². The summed E-state index contributed by atoms with van der Waals surface area (Å²) < 4.78 is 37.4. The fourth-order valence-electron chi connectivity index (χ4n) is 1.45. The van der Waals surface area contributed by atoms with Crippen molar-refractivity contribution in [2.24, 2.45) is 0 Å². The summed E-state index contributed by atoms with van der Waals surface area (Å²) in [5.41, 5.74) is -0.573. The van der Waals surface area contributed by atoms with Crippen LogP contribution in [0.2, 0.25) is 0 Å².